The first-order valence-corrected chi connectivity index (χ1v) is 9.46. The van der Waals surface area contributed by atoms with E-state index in [9.17, 15) is 5.11 Å². The van der Waals surface area contributed by atoms with Crippen LogP contribution in [0.15, 0.2) is 30.3 Å². The van der Waals surface area contributed by atoms with Crippen LogP contribution in [-0.4, -0.2) is 16.1 Å². The topological polar surface area (TPSA) is 45.2 Å². The summed E-state index contributed by atoms with van der Waals surface area (Å²) >= 11 is 1.86. The van der Waals surface area contributed by atoms with Crippen molar-refractivity contribution < 1.29 is 5.11 Å². The van der Waals surface area contributed by atoms with E-state index in [1.54, 1.807) is 0 Å². The van der Waals surface area contributed by atoms with E-state index in [-0.39, 0.29) is 6.04 Å². The molecule has 1 aromatic heterocycles. The van der Waals surface area contributed by atoms with Gasteiger partial charge in [0.2, 0.25) is 0 Å². The third-order valence-corrected chi connectivity index (χ3v) is 5.90. The lowest BCUT2D eigenvalue weighted by Gasteiger charge is -2.27. The summed E-state index contributed by atoms with van der Waals surface area (Å²) in [4.78, 5) is 6.19. The fourth-order valence-corrected chi connectivity index (χ4v) is 4.49. The van der Waals surface area contributed by atoms with Crippen LogP contribution in [0, 0.1) is 0 Å². The Hall–Kier alpha value is -1.23. The number of rotatable bonds is 6. The highest BCUT2D eigenvalue weighted by Gasteiger charge is 2.26. The van der Waals surface area contributed by atoms with Gasteiger partial charge in [-0.1, -0.05) is 37.3 Å². The third-order valence-electron chi connectivity index (χ3n) is 4.54. The molecule has 3 nitrogen and oxygen atoms in total. The molecule has 0 saturated carbocycles. The maximum absolute atomic E-state index is 10.4. The van der Waals surface area contributed by atoms with Crippen molar-refractivity contribution in [2.24, 2.45) is 0 Å². The fourth-order valence-electron chi connectivity index (χ4n) is 3.34. The van der Waals surface area contributed by atoms with E-state index in [4.69, 9.17) is 4.98 Å². The van der Waals surface area contributed by atoms with Crippen molar-refractivity contribution in [2.75, 3.05) is 0 Å². The molecule has 0 spiro atoms. The lowest BCUT2D eigenvalue weighted by Crippen LogP contribution is -2.33. The van der Waals surface area contributed by atoms with Crippen LogP contribution in [0.4, 0.5) is 0 Å². The van der Waals surface area contributed by atoms with E-state index >= 15 is 0 Å². The summed E-state index contributed by atoms with van der Waals surface area (Å²) in [5.74, 6) is 0. The number of aromatic nitrogens is 1. The number of aryl methyl sites for hydroxylation is 2. The van der Waals surface area contributed by atoms with Crippen molar-refractivity contribution in [3.05, 3.63) is 51.5 Å². The molecule has 3 rings (SSSR count). The Morgan fingerprint density at radius 3 is 2.87 bits per heavy atom. The largest absolute Gasteiger partial charge is 0.388 e. The maximum atomic E-state index is 10.4. The number of aliphatic hydroxyl groups excluding tert-OH is 1. The molecule has 0 radical (unpaired) electrons. The van der Waals surface area contributed by atoms with E-state index < -0.39 is 6.10 Å². The number of thiazole rings is 1. The first-order valence-electron chi connectivity index (χ1n) is 8.65. The highest BCUT2D eigenvalue weighted by atomic mass is 32.1. The van der Waals surface area contributed by atoms with Gasteiger partial charge < -0.3 is 10.4 Å². The Morgan fingerprint density at radius 2 is 2.13 bits per heavy atom. The second-order valence-electron chi connectivity index (χ2n) is 6.45. The molecular formula is C19H26N2OS. The predicted molar refractivity (Wildman–Crippen MR) is 95.8 cm³/mol. The highest BCUT2D eigenvalue weighted by Crippen LogP contribution is 2.35. The number of fused-ring (bicyclic) bond motifs is 1. The van der Waals surface area contributed by atoms with Gasteiger partial charge in [-0.2, -0.15) is 0 Å². The second-order valence-corrected chi connectivity index (χ2v) is 7.56. The minimum Gasteiger partial charge on any atom is -0.388 e. The fraction of sp³-hybridized carbons (Fsp3) is 0.526. The minimum atomic E-state index is -0.408. The van der Waals surface area contributed by atoms with Crippen LogP contribution in [0.2, 0.25) is 0 Å². The summed E-state index contributed by atoms with van der Waals surface area (Å²) < 4.78 is 0. The van der Waals surface area contributed by atoms with Crippen LogP contribution in [0.25, 0.3) is 0 Å². The molecule has 3 atom stereocenters. The zero-order valence-corrected chi connectivity index (χ0v) is 14.8. The molecule has 4 heteroatoms. The predicted octanol–water partition coefficient (Wildman–Crippen LogP) is 4.18. The summed E-state index contributed by atoms with van der Waals surface area (Å²) in [6, 6.07) is 10.6. The molecule has 0 saturated heterocycles. The van der Waals surface area contributed by atoms with E-state index in [0.717, 1.165) is 24.8 Å². The molecule has 0 amide bonds. The van der Waals surface area contributed by atoms with Crippen molar-refractivity contribution in [2.45, 2.75) is 64.1 Å². The summed E-state index contributed by atoms with van der Waals surface area (Å²) in [6.45, 7) is 4.34. The third kappa shape index (κ3) is 4.00. The molecule has 1 aliphatic rings. The molecule has 2 N–H and O–H groups in total. The Balaban J connectivity index is 1.62. The number of nitrogens with one attached hydrogen (secondary N) is 1. The Kier molecular flexibility index (Phi) is 5.46. The van der Waals surface area contributed by atoms with Crippen LogP contribution >= 0.6 is 11.3 Å². The van der Waals surface area contributed by atoms with Gasteiger partial charge >= 0.3 is 0 Å². The van der Waals surface area contributed by atoms with Gasteiger partial charge in [-0.25, -0.2) is 4.98 Å². The average molecular weight is 330 g/mol. The van der Waals surface area contributed by atoms with Crippen molar-refractivity contribution in [3.8, 4) is 0 Å². The lowest BCUT2D eigenvalue weighted by atomic mass is 9.96. The maximum Gasteiger partial charge on any atom is 0.0928 e. The second kappa shape index (κ2) is 7.56. The number of nitrogens with zero attached hydrogens (tertiary/aromatic N) is 1. The Bertz CT molecular complexity index is 626. The summed E-state index contributed by atoms with van der Waals surface area (Å²) in [7, 11) is 0. The van der Waals surface area contributed by atoms with Crippen LogP contribution in [0.1, 0.15) is 66.4 Å². The zero-order valence-electron chi connectivity index (χ0n) is 14.0. The number of benzene rings is 1. The smallest absolute Gasteiger partial charge is 0.0928 e. The van der Waals surface area contributed by atoms with Gasteiger partial charge in [0.15, 0.2) is 0 Å². The Morgan fingerprint density at radius 1 is 1.35 bits per heavy atom. The van der Waals surface area contributed by atoms with Crippen molar-refractivity contribution in [1.29, 1.82) is 0 Å². The molecule has 1 aromatic carbocycles. The van der Waals surface area contributed by atoms with Gasteiger partial charge in [-0.05, 0) is 44.6 Å². The van der Waals surface area contributed by atoms with Gasteiger partial charge in [0.25, 0.3) is 0 Å². The monoisotopic (exact) mass is 330 g/mol. The van der Waals surface area contributed by atoms with Crippen molar-refractivity contribution in [3.63, 3.8) is 0 Å². The molecule has 0 fully saturated rings. The van der Waals surface area contributed by atoms with Crippen LogP contribution in [0.3, 0.4) is 0 Å². The summed E-state index contributed by atoms with van der Waals surface area (Å²) in [6.07, 6.45) is 4.83. The molecular weight excluding hydrogens is 304 g/mol. The molecule has 0 aliphatic heterocycles. The molecule has 23 heavy (non-hydrogen) atoms. The molecule has 1 aliphatic carbocycles. The molecule has 2 aromatic rings. The molecule has 0 bridgehead atoms. The van der Waals surface area contributed by atoms with Gasteiger partial charge in [0.1, 0.15) is 0 Å². The van der Waals surface area contributed by atoms with Gasteiger partial charge in [0, 0.05) is 17.0 Å². The standard InChI is InChI=1S/C19H26N2OS/c1-3-18-21-16-11-7-10-15(19(16)23-18)20-13(2)12-17(22)14-8-5-4-6-9-14/h4-6,8-9,13,15,17,20,22H,3,7,10-12H2,1-2H3. The van der Waals surface area contributed by atoms with E-state index in [1.807, 2.05) is 41.7 Å². The molecule has 124 valence electrons. The average Bonchev–Trinajstić information content (AvgIpc) is 3.00. The first-order chi connectivity index (χ1) is 11.2. The molecule has 1 heterocycles. The summed E-state index contributed by atoms with van der Waals surface area (Å²) in [5, 5.41) is 15.4. The number of hydrogen-bond acceptors (Lipinski definition) is 4. The van der Waals surface area contributed by atoms with Crippen LogP contribution in [-0.2, 0) is 12.8 Å². The van der Waals surface area contributed by atoms with Crippen molar-refractivity contribution in [1.82, 2.24) is 10.3 Å². The van der Waals surface area contributed by atoms with Crippen molar-refractivity contribution >= 4 is 11.3 Å². The van der Waals surface area contributed by atoms with E-state index in [1.165, 1.54) is 28.4 Å². The summed E-state index contributed by atoms with van der Waals surface area (Å²) in [5.41, 5.74) is 2.29. The van der Waals surface area contributed by atoms with Gasteiger partial charge in [0.05, 0.1) is 16.8 Å². The normalized spacial score (nSPS) is 20.0. The SMILES string of the molecule is CCc1nc2c(s1)C(NC(C)CC(O)c1ccccc1)CCC2. The van der Waals surface area contributed by atoms with E-state index in [0.29, 0.717) is 6.04 Å². The van der Waals surface area contributed by atoms with Crippen LogP contribution < -0.4 is 5.32 Å². The molecule has 3 unspecified atom stereocenters. The number of aliphatic hydroxyl groups is 1. The van der Waals surface area contributed by atoms with Gasteiger partial charge in [-0.3, -0.25) is 0 Å². The number of hydrogen-bond donors (Lipinski definition) is 2. The quantitative estimate of drug-likeness (QED) is 0.835. The minimum absolute atomic E-state index is 0.272. The Labute approximate surface area is 142 Å². The van der Waals surface area contributed by atoms with E-state index in [2.05, 4.69) is 19.2 Å². The first kappa shape index (κ1) is 16.6. The lowest BCUT2D eigenvalue weighted by molar-refractivity contribution is 0.150. The van der Waals surface area contributed by atoms with Crippen LogP contribution in [0.5, 0.6) is 0 Å². The highest BCUT2D eigenvalue weighted by molar-refractivity contribution is 7.11. The zero-order chi connectivity index (χ0) is 16.2. The van der Waals surface area contributed by atoms with Gasteiger partial charge in [-0.15, -0.1) is 11.3 Å².